The highest BCUT2D eigenvalue weighted by molar-refractivity contribution is 5.87. The number of fused-ring (bicyclic) bond motifs is 1. The minimum atomic E-state index is 0.0712. The molecule has 6 heteroatoms. The molecule has 0 aliphatic heterocycles. The van der Waals surface area contributed by atoms with Gasteiger partial charge >= 0.3 is 0 Å². The highest BCUT2D eigenvalue weighted by Gasteiger charge is 2.17. The van der Waals surface area contributed by atoms with Gasteiger partial charge in [-0.3, -0.25) is 14.9 Å². The average molecular weight is 337 g/mol. The number of aromatic amines is 1. The van der Waals surface area contributed by atoms with E-state index in [2.05, 4.69) is 20.1 Å². The number of aromatic nitrogens is 3. The van der Waals surface area contributed by atoms with Crippen LogP contribution in [-0.2, 0) is 17.8 Å². The predicted octanol–water partition coefficient (Wildman–Crippen LogP) is 2.09. The van der Waals surface area contributed by atoms with E-state index in [0.29, 0.717) is 19.5 Å². The number of likely N-dealkylation sites (N-methyl/N-ethyl adjacent to an activating group) is 1. The van der Waals surface area contributed by atoms with Crippen molar-refractivity contribution in [1.82, 2.24) is 25.0 Å². The summed E-state index contributed by atoms with van der Waals surface area (Å²) >= 11 is 0. The Morgan fingerprint density at radius 3 is 2.64 bits per heavy atom. The summed E-state index contributed by atoms with van der Waals surface area (Å²) in [5.74, 6) is 0.0712. The smallest absolute Gasteiger partial charge is 0.228 e. The number of amides is 1. The third kappa shape index (κ3) is 4.42. The summed E-state index contributed by atoms with van der Waals surface area (Å²) in [5, 5.41) is 8.28. The lowest BCUT2D eigenvalue weighted by Gasteiger charge is -2.24. The topological polar surface area (TPSA) is 65.1 Å². The standard InChI is InChI=1S/C19H23N5O/c1-23(2)11-12-24(14-15-7-5-6-10-20-15)19(25)13-18-16-8-3-4-9-17(16)21-22-18/h3-10H,11-14H2,1-2H3,(H,21,22). The van der Waals surface area contributed by atoms with E-state index in [1.807, 2.05) is 61.5 Å². The van der Waals surface area contributed by atoms with E-state index in [0.717, 1.165) is 28.8 Å². The number of pyridine rings is 1. The number of benzene rings is 1. The molecule has 1 aromatic carbocycles. The van der Waals surface area contributed by atoms with Crippen LogP contribution in [0.4, 0.5) is 0 Å². The number of rotatable bonds is 7. The second-order valence-electron chi connectivity index (χ2n) is 6.34. The van der Waals surface area contributed by atoms with E-state index in [9.17, 15) is 4.79 Å². The Bertz CT molecular complexity index is 828. The summed E-state index contributed by atoms with van der Waals surface area (Å²) in [5.41, 5.74) is 2.63. The van der Waals surface area contributed by atoms with Gasteiger partial charge in [-0.05, 0) is 32.3 Å². The van der Waals surface area contributed by atoms with Crippen LogP contribution in [0.3, 0.4) is 0 Å². The van der Waals surface area contributed by atoms with Crippen LogP contribution in [0, 0.1) is 0 Å². The van der Waals surface area contributed by atoms with Gasteiger partial charge in [-0.1, -0.05) is 24.3 Å². The normalized spacial score (nSPS) is 11.2. The monoisotopic (exact) mass is 337 g/mol. The van der Waals surface area contributed by atoms with Crippen LogP contribution >= 0.6 is 0 Å². The molecule has 0 fully saturated rings. The van der Waals surface area contributed by atoms with E-state index in [1.54, 1.807) is 6.20 Å². The Balaban J connectivity index is 1.75. The molecule has 2 heterocycles. The first kappa shape index (κ1) is 17.1. The van der Waals surface area contributed by atoms with Crippen LogP contribution in [0.25, 0.3) is 10.9 Å². The first-order valence-electron chi connectivity index (χ1n) is 8.38. The molecule has 1 N–H and O–H groups in total. The van der Waals surface area contributed by atoms with E-state index < -0.39 is 0 Å². The Morgan fingerprint density at radius 1 is 1.08 bits per heavy atom. The molecule has 130 valence electrons. The molecule has 25 heavy (non-hydrogen) atoms. The lowest BCUT2D eigenvalue weighted by Crippen LogP contribution is -2.37. The van der Waals surface area contributed by atoms with Crippen molar-refractivity contribution in [3.05, 3.63) is 60.0 Å². The molecule has 0 aliphatic carbocycles. The first-order chi connectivity index (χ1) is 12.1. The average Bonchev–Trinajstić information content (AvgIpc) is 3.02. The zero-order valence-corrected chi connectivity index (χ0v) is 14.6. The Labute approximate surface area is 147 Å². The fraction of sp³-hybridized carbons (Fsp3) is 0.316. The molecule has 0 saturated heterocycles. The molecule has 0 aliphatic rings. The number of hydrogen-bond donors (Lipinski definition) is 1. The second-order valence-corrected chi connectivity index (χ2v) is 6.34. The van der Waals surface area contributed by atoms with Gasteiger partial charge in [0.1, 0.15) is 0 Å². The van der Waals surface area contributed by atoms with Gasteiger partial charge in [0.25, 0.3) is 0 Å². The van der Waals surface area contributed by atoms with Crippen LogP contribution in [-0.4, -0.2) is 58.1 Å². The first-order valence-corrected chi connectivity index (χ1v) is 8.38. The molecule has 0 unspecified atom stereocenters. The van der Waals surface area contributed by atoms with Crippen LogP contribution < -0.4 is 0 Å². The zero-order valence-electron chi connectivity index (χ0n) is 14.6. The molecule has 2 aromatic heterocycles. The van der Waals surface area contributed by atoms with Gasteiger partial charge in [0, 0.05) is 24.7 Å². The molecular weight excluding hydrogens is 314 g/mol. The molecule has 0 spiro atoms. The van der Waals surface area contributed by atoms with Gasteiger partial charge in [0.2, 0.25) is 5.91 Å². The lowest BCUT2D eigenvalue weighted by atomic mass is 10.1. The van der Waals surface area contributed by atoms with Crippen LogP contribution in [0.2, 0.25) is 0 Å². The quantitative estimate of drug-likeness (QED) is 0.717. The van der Waals surface area contributed by atoms with E-state index in [4.69, 9.17) is 0 Å². The zero-order chi connectivity index (χ0) is 17.6. The van der Waals surface area contributed by atoms with Gasteiger partial charge in [-0.25, -0.2) is 0 Å². The maximum atomic E-state index is 12.9. The number of carbonyl (C=O) groups is 1. The van der Waals surface area contributed by atoms with Crippen molar-refractivity contribution in [1.29, 1.82) is 0 Å². The maximum absolute atomic E-state index is 12.9. The number of nitrogens with zero attached hydrogens (tertiary/aromatic N) is 4. The maximum Gasteiger partial charge on any atom is 0.228 e. The molecule has 0 radical (unpaired) electrons. The fourth-order valence-corrected chi connectivity index (χ4v) is 2.71. The van der Waals surface area contributed by atoms with Crippen molar-refractivity contribution in [3.63, 3.8) is 0 Å². The largest absolute Gasteiger partial charge is 0.335 e. The summed E-state index contributed by atoms with van der Waals surface area (Å²) in [7, 11) is 4.01. The minimum absolute atomic E-state index is 0.0712. The number of H-pyrrole nitrogens is 1. The molecule has 3 rings (SSSR count). The molecular formula is C19H23N5O. The Kier molecular flexibility index (Phi) is 5.40. The summed E-state index contributed by atoms with van der Waals surface area (Å²) in [6.07, 6.45) is 2.06. The van der Waals surface area contributed by atoms with E-state index >= 15 is 0 Å². The minimum Gasteiger partial charge on any atom is -0.335 e. The van der Waals surface area contributed by atoms with Crippen molar-refractivity contribution >= 4 is 16.8 Å². The Hall–Kier alpha value is -2.73. The van der Waals surface area contributed by atoms with Crippen molar-refractivity contribution < 1.29 is 4.79 Å². The van der Waals surface area contributed by atoms with Crippen molar-refractivity contribution in [2.75, 3.05) is 27.2 Å². The molecule has 0 saturated carbocycles. The number of para-hydroxylation sites is 1. The summed E-state index contributed by atoms with van der Waals surface area (Å²) < 4.78 is 0. The summed E-state index contributed by atoms with van der Waals surface area (Å²) in [6.45, 7) is 1.98. The van der Waals surface area contributed by atoms with Gasteiger partial charge in [0.15, 0.2) is 0 Å². The molecule has 0 bridgehead atoms. The van der Waals surface area contributed by atoms with Gasteiger partial charge in [-0.15, -0.1) is 0 Å². The molecule has 0 atom stereocenters. The number of carbonyl (C=O) groups excluding carboxylic acids is 1. The van der Waals surface area contributed by atoms with Crippen molar-refractivity contribution in [3.8, 4) is 0 Å². The third-order valence-electron chi connectivity index (χ3n) is 4.12. The lowest BCUT2D eigenvalue weighted by molar-refractivity contribution is -0.131. The van der Waals surface area contributed by atoms with Crippen molar-refractivity contribution in [2.45, 2.75) is 13.0 Å². The van der Waals surface area contributed by atoms with E-state index in [-0.39, 0.29) is 5.91 Å². The molecule has 1 amide bonds. The molecule has 3 aromatic rings. The van der Waals surface area contributed by atoms with E-state index in [1.165, 1.54) is 0 Å². The van der Waals surface area contributed by atoms with Crippen molar-refractivity contribution in [2.24, 2.45) is 0 Å². The third-order valence-corrected chi connectivity index (χ3v) is 4.12. The highest BCUT2D eigenvalue weighted by atomic mass is 16.2. The van der Waals surface area contributed by atoms with Crippen LogP contribution in [0.5, 0.6) is 0 Å². The summed E-state index contributed by atoms with van der Waals surface area (Å²) in [6, 6.07) is 13.6. The molecule has 6 nitrogen and oxygen atoms in total. The number of nitrogens with one attached hydrogen (secondary N) is 1. The Morgan fingerprint density at radius 2 is 1.88 bits per heavy atom. The van der Waals surface area contributed by atoms with Gasteiger partial charge < -0.3 is 9.80 Å². The van der Waals surface area contributed by atoms with Gasteiger partial charge in [0.05, 0.1) is 29.9 Å². The highest BCUT2D eigenvalue weighted by Crippen LogP contribution is 2.16. The van der Waals surface area contributed by atoms with Crippen LogP contribution in [0.15, 0.2) is 48.7 Å². The van der Waals surface area contributed by atoms with Crippen LogP contribution in [0.1, 0.15) is 11.4 Å². The second kappa shape index (κ2) is 7.90. The summed E-state index contributed by atoms with van der Waals surface area (Å²) in [4.78, 5) is 21.2. The SMILES string of the molecule is CN(C)CCN(Cc1ccccn1)C(=O)Cc1[nH]nc2ccccc12. The predicted molar refractivity (Wildman–Crippen MR) is 98.0 cm³/mol. The fourth-order valence-electron chi connectivity index (χ4n) is 2.71. The van der Waals surface area contributed by atoms with Gasteiger partial charge in [-0.2, -0.15) is 5.10 Å². The number of hydrogen-bond acceptors (Lipinski definition) is 4.